The summed E-state index contributed by atoms with van der Waals surface area (Å²) in [7, 11) is 0. The molecule has 3 rings (SSSR count). The SMILES string of the molecule is CC(C)CNc1nnc(SCC(=O)c2cccc(N3CCCC3=O)c2)s1. The van der Waals surface area contributed by atoms with Gasteiger partial charge >= 0.3 is 0 Å². The molecular formula is C18H22N4O2S2. The summed E-state index contributed by atoms with van der Waals surface area (Å²) in [5.41, 5.74) is 1.43. The third-order valence-electron chi connectivity index (χ3n) is 3.95. The number of thioether (sulfide) groups is 1. The molecule has 0 spiro atoms. The first-order chi connectivity index (χ1) is 12.5. The zero-order chi connectivity index (χ0) is 18.5. The van der Waals surface area contributed by atoms with Crippen molar-refractivity contribution in [3.63, 3.8) is 0 Å². The average molecular weight is 391 g/mol. The van der Waals surface area contributed by atoms with Crippen LogP contribution in [0.2, 0.25) is 0 Å². The maximum atomic E-state index is 12.5. The summed E-state index contributed by atoms with van der Waals surface area (Å²) >= 11 is 2.85. The molecule has 0 aliphatic carbocycles. The lowest BCUT2D eigenvalue weighted by Gasteiger charge is -2.16. The minimum Gasteiger partial charge on any atom is -0.360 e. The summed E-state index contributed by atoms with van der Waals surface area (Å²) in [6, 6.07) is 7.31. The van der Waals surface area contributed by atoms with Crippen molar-refractivity contribution in [2.24, 2.45) is 5.92 Å². The number of hydrogen-bond donors (Lipinski definition) is 1. The summed E-state index contributed by atoms with van der Waals surface area (Å²) < 4.78 is 0.774. The zero-order valence-electron chi connectivity index (χ0n) is 14.9. The molecule has 1 aromatic heterocycles. The average Bonchev–Trinajstić information content (AvgIpc) is 3.26. The molecule has 26 heavy (non-hydrogen) atoms. The molecule has 6 nitrogen and oxygen atoms in total. The predicted molar refractivity (Wildman–Crippen MR) is 106 cm³/mol. The molecular weight excluding hydrogens is 368 g/mol. The van der Waals surface area contributed by atoms with Crippen LogP contribution in [0.4, 0.5) is 10.8 Å². The van der Waals surface area contributed by atoms with Gasteiger partial charge in [-0.3, -0.25) is 9.59 Å². The number of anilines is 2. The van der Waals surface area contributed by atoms with E-state index in [1.165, 1.54) is 23.1 Å². The Morgan fingerprint density at radius 1 is 1.38 bits per heavy atom. The van der Waals surface area contributed by atoms with E-state index in [9.17, 15) is 9.59 Å². The van der Waals surface area contributed by atoms with E-state index in [-0.39, 0.29) is 11.7 Å². The number of nitrogens with zero attached hydrogens (tertiary/aromatic N) is 3. The van der Waals surface area contributed by atoms with Gasteiger partial charge in [-0.1, -0.05) is 49.1 Å². The normalized spacial score (nSPS) is 14.3. The molecule has 1 fully saturated rings. The number of hydrogen-bond acceptors (Lipinski definition) is 7. The Morgan fingerprint density at radius 2 is 2.23 bits per heavy atom. The number of amides is 1. The second kappa shape index (κ2) is 8.64. The number of Topliss-reactive ketones (excluding diaryl/α,β-unsaturated/α-hetero) is 1. The van der Waals surface area contributed by atoms with E-state index < -0.39 is 0 Å². The van der Waals surface area contributed by atoms with Crippen LogP contribution < -0.4 is 10.2 Å². The van der Waals surface area contributed by atoms with Crippen molar-refractivity contribution < 1.29 is 9.59 Å². The van der Waals surface area contributed by atoms with Gasteiger partial charge in [0.1, 0.15) is 0 Å². The van der Waals surface area contributed by atoms with Crippen LogP contribution >= 0.6 is 23.1 Å². The van der Waals surface area contributed by atoms with Crippen LogP contribution in [0.1, 0.15) is 37.0 Å². The lowest BCUT2D eigenvalue weighted by molar-refractivity contribution is -0.117. The van der Waals surface area contributed by atoms with Crippen molar-refractivity contribution in [2.75, 3.05) is 29.1 Å². The highest BCUT2D eigenvalue weighted by atomic mass is 32.2. The third kappa shape index (κ3) is 4.82. The molecule has 0 unspecified atom stereocenters. The molecule has 0 saturated carbocycles. The zero-order valence-corrected chi connectivity index (χ0v) is 16.5. The fourth-order valence-corrected chi connectivity index (χ4v) is 4.26. The standard InChI is InChI=1S/C18H22N4O2S2/c1-12(2)10-19-17-20-21-18(26-17)25-11-15(23)13-5-3-6-14(9-13)22-8-4-7-16(22)24/h3,5-6,9,12H,4,7-8,10-11H2,1-2H3,(H,19,20). The Kier molecular flexibility index (Phi) is 6.26. The number of carbonyl (C=O) groups excluding carboxylic acids is 2. The van der Waals surface area contributed by atoms with Crippen molar-refractivity contribution in [3.8, 4) is 0 Å². The van der Waals surface area contributed by atoms with Gasteiger partial charge in [-0.05, 0) is 24.5 Å². The summed E-state index contributed by atoms with van der Waals surface area (Å²) in [6.45, 7) is 5.83. The summed E-state index contributed by atoms with van der Waals surface area (Å²) in [5, 5.41) is 12.2. The highest BCUT2D eigenvalue weighted by Gasteiger charge is 2.22. The van der Waals surface area contributed by atoms with E-state index >= 15 is 0 Å². The van der Waals surface area contributed by atoms with Crippen LogP contribution in [0.3, 0.4) is 0 Å². The Morgan fingerprint density at radius 3 is 2.96 bits per heavy atom. The first-order valence-corrected chi connectivity index (χ1v) is 10.5. The maximum absolute atomic E-state index is 12.5. The van der Waals surface area contributed by atoms with Crippen LogP contribution in [-0.2, 0) is 4.79 Å². The monoisotopic (exact) mass is 390 g/mol. The number of carbonyl (C=O) groups is 2. The molecule has 1 N–H and O–H groups in total. The molecule has 138 valence electrons. The first kappa shape index (κ1) is 18.8. The number of rotatable bonds is 8. The van der Waals surface area contributed by atoms with Crippen molar-refractivity contribution in [2.45, 2.75) is 31.0 Å². The fraction of sp³-hybridized carbons (Fsp3) is 0.444. The van der Waals surface area contributed by atoms with Crippen molar-refractivity contribution in [3.05, 3.63) is 29.8 Å². The largest absolute Gasteiger partial charge is 0.360 e. The molecule has 1 aromatic carbocycles. The van der Waals surface area contributed by atoms with Crippen molar-refractivity contribution in [1.29, 1.82) is 0 Å². The minimum absolute atomic E-state index is 0.0235. The highest BCUT2D eigenvalue weighted by molar-refractivity contribution is 8.01. The van der Waals surface area contributed by atoms with E-state index in [0.29, 0.717) is 23.7 Å². The molecule has 1 amide bonds. The lowest BCUT2D eigenvalue weighted by Crippen LogP contribution is -2.23. The second-order valence-corrected chi connectivity index (χ2v) is 8.76. The van der Waals surface area contributed by atoms with Crippen LogP contribution in [0.5, 0.6) is 0 Å². The Labute approximate surface area is 161 Å². The Balaban J connectivity index is 1.57. The van der Waals surface area contributed by atoms with E-state index in [4.69, 9.17) is 0 Å². The molecule has 2 heterocycles. The molecule has 0 radical (unpaired) electrons. The van der Waals surface area contributed by atoms with Gasteiger partial charge in [0.15, 0.2) is 10.1 Å². The van der Waals surface area contributed by atoms with Crippen molar-refractivity contribution >= 4 is 45.6 Å². The van der Waals surface area contributed by atoms with Gasteiger partial charge < -0.3 is 10.2 Å². The number of benzene rings is 1. The van der Waals surface area contributed by atoms with E-state index in [0.717, 1.165) is 34.7 Å². The quantitative estimate of drug-likeness (QED) is 0.547. The van der Waals surface area contributed by atoms with E-state index in [1.54, 1.807) is 11.0 Å². The highest BCUT2D eigenvalue weighted by Crippen LogP contribution is 2.27. The third-order valence-corrected chi connectivity index (χ3v) is 5.96. The van der Waals surface area contributed by atoms with Gasteiger partial charge in [0.2, 0.25) is 11.0 Å². The predicted octanol–water partition coefficient (Wildman–Crippen LogP) is 3.71. The summed E-state index contributed by atoms with van der Waals surface area (Å²) in [5.74, 6) is 0.983. The molecule has 8 heteroatoms. The molecule has 1 aliphatic heterocycles. The smallest absolute Gasteiger partial charge is 0.227 e. The van der Waals surface area contributed by atoms with E-state index in [2.05, 4.69) is 29.4 Å². The van der Waals surface area contributed by atoms with E-state index in [1.807, 2.05) is 18.2 Å². The van der Waals surface area contributed by atoms with Gasteiger partial charge in [-0.15, -0.1) is 10.2 Å². The lowest BCUT2D eigenvalue weighted by atomic mass is 10.1. The molecule has 1 saturated heterocycles. The van der Waals surface area contributed by atoms with Gasteiger partial charge in [0.25, 0.3) is 0 Å². The van der Waals surface area contributed by atoms with Crippen LogP contribution in [0.25, 0.3) is 0 Å². The van der Waals surface area contributed by atoms with Gasteiger partial charge in [0.05, 0.1) is 5.75 Å². The van der Waals surface area contributed by atoms with Gasteiger partial charge in [-0.2, -0.15) is 0 Å². The summed E-state index contributed by atoms with van der Waals surface area (Å²) in [4.78, 5) is 26.1. The topological polar surface area (TPSA) is 75.2 Å². The van der Waals surface area contributed by atoms with Crippen molar-refractivity contribution in [1.82, 2.24) is 10.2 Å². The molecule has 0 atom stereocenters. The number of aromatic nitrogens is 2. The Bertz CT molecular complexity index is 791. The fourth-order valence-electron chi connectivity index (χ4n) is 2.61. The van der Waals surface area contributed by atoms with Gasteiger partial charge in [-0.25, -0.2) is 0 Å². The van der Waals surface area contributed by atoms with Crippen LogP contribution in [0.15, 0.2) is 28.6 Å². The molecule has 0 bridgehead atoms. The number of nitrogens with one attached hydrogen (secondary N) is 1. The van der Waals surface area contributed by atoms with Gasteiger partial charge in [0, 0.05) is 30.8 Å². The maximum Gasteiger partial charge on any atom is 0.227 e. The number of ketones is 1. The van der Waals surface area contributed by atoms with Crippen LogP contribution in [0, 0.1) is 5.92 Å². The first-order valence-electron chi connectivity index (χ1n) is 8.66. The molecule has 2 aromatic rings. The van der Waals surface area contributed by atoms with Crippen LogP contribution in [-0.4, -0.2) is 40.7 Å². The minimum atomic E-state index is 0.0235. The molecule has 1 aliphatic rings. The second-order valence-electron chi connectivity index (χ2n) is 6.56. The summed E-state index contributed by atoms with van der Waals surface area (Å²) in [6.07, 6.45) is 1.45. The Hall–Kier alpha value is -1.93.